The summed E-state index contributed by atoms with van der Waals surface area (Å²) in [4.78, 5) is 28.0. The third-order valence-corrected chi connectivity index (χ3v) is 6.44. The molecule has 2 atom stereocenters. The first-order valence-corrected chi connectivity index (χ1v) is 12.4. The van der Waals surface area contributed by atoms with Crippen LogP contribution in [0.2, 0.25) is 0 Å². The first kappa shape index (κ1) is 24.8. The van der Waals surface area contributed by atoms with Gasteiger partial charge in [-0.25, -0.2) is 9.59 Å². The predicted molar refractivity (Wildman–Crippen MR) is 135 cm³/mol. The van der Waals surface area contributed by atoms with Crippen molar-refractivity contribution in [2.75, 3.05) is 26.2 Å². The van der Waals surface area contributed by atoms with Crippen LogP contribution in [-0.4, -0.2) is 49.2 Å². The third kappa shape index (κ3) is 6.03. The molecular weight excluding hydrogens is 442 g/mol. The summed E-state index contributed by atoms with van der Waals surface area (Å²) in [6.07, 6.45) is 1.10. The summed E-state index contributed by atoms with van der Waals surface area (Å²) >= 11 is 0. The largest absolute Gasteiger partial charge is 0.491 e. The van der Waals surface area contributed by atoms with Crippen LogP contribution in [0.25, 0.3) is 0 Å². The first-order chi connectivity index (χ1) is 16.8. The maximum absolute atomic E-state index is 13.1. The number of likely N-dealkylation sites (tertiary alicyclic amines) is 1. The fraction of sp³-hybridized carbons (Fsp3) is 0.429. The average molecular weight is 478 g/mol. The lowest BCUT2D eigenvalue weighted by Gasteiger charge is -2.31. The molecular formula is C28H35N3O4. The monoisotopic (exact) mass is 477 g/mol. The van der Waals surface area contributed by atoms with E-state index in [0.717, 1.165) is 30.8 Å². The Hall–Kier alpha value is -3.32. The molecule has 2 N–H and O–H groups in total. The van der Waals surface area contributed by atoms with Gasteiger partial charge < -0.3 is 20.1 Å². The molecule has 7 heteroatoms. The molecule has 0 spiro atoms. The Kier molecular flexibility index (Phi) is 7.76. The van der Waals surface area contributed by atoms with Crippen molar-refractivity contribution in [2.45, 2.75) is 52.2 Å². The van der Waals surface area contributed by atoms with E-state index in [2.05, 4.69) is 46.7 Å². The quantitative estimate of drug-likeness (QED) is 0.550. The number of hydrogen-bond donors (Lipinski definition) is 2. The van der Waals surface area contributed by atoms with Crippen LogP contribution >= 0.6 is 0 Å². The fourth-order valence-corrected chi connectivity index (χ4v) is 4.76. The maximum atomic E-state index is 13.1. The number of amides is 2. The summed E-state index contributed by atoms with van der Waals surface area (Å²) in [6, 6.07) is 15.3. The number of aryl methyl sites for hydroxylation is 1. The van der Waals surface area contributed by atoms with Gasteiger partial charge in [0.05, 0.1) is 24.3 Å². The van der Waals surface area contributed by atoms with Crippen LogP contribution < -0.4 is 15.4 Å². The zero-order valence-electron chi connectivity index (χ0n) is 21.0. The number of hydrogen-bond acceptors (Lipinski definition) is 5. The van der Waals surface area contributed by atoms with E-state index in [1.807, 2.05) is 38.1 Å². The summed E-state index contributed by atoms with van der Waals surface area (Å²) in [5, 5.41) is 5.80. The maximum Gasteiger partial charge on any atom is 0.338 e. The van der Waals surface area contributed by atoms with Crippen LogP contribution in [0.15, 0.2) is 59.8 Å². The van der Waals surface area contributed by atoms with Gasteiger partial charge in [-0.2, -0.15) is 0 Å². The average Bonchev–Trinajstić information content (AvgIpc) is 3.28. The van der Waals surface area contributed by atoms with Crippen LogP contribution in [0.1, 0.15) is 55.8 Å². The Morgan fingerprint density at radius 2 is 1.77 bits per heavy atom. The lowest BCUT2D eigenvalue weighted by molar-refractivity contribution is -0.139. The van der Waals surface area contributed by atoms with Gasteiger partial charge in [-0.05, 0) is 69.8 Å². The predicted octanol–water partition coefficient (Wildman–Crippen LogP) is 4.44. The van der Waals surface area contributed by atoms with Gasteiger partial charge in [-0.3, -0.25) is 4.90 Å². The zero-order chi connectivity index (χ0) is 24.9. The van der Waals surface area contributed by atoms with Gasteiger partial charge in [0.25, 0.3) is 0 Å². The Bertz CT molecular complexity index is 1080. The third-order valence-electron chi connectivity index (χ3n) is 6.44. The molecule has 0 aliphatic carbocycles. The van der Waals surface area contributed by atoms with Gasteiger partial charge in [0.15, 0.2) is 0 Å². The van der Waals surface area contributed by atoms with E-state index in [0.29, 0.717) is 23.7 Å². The molecule has 0 bridgehead atoms. The molecule has 2 aromatic rings. The van der Waals surface area contributed by atoms with Crippen LogP contribution in [-0.2, 0) is 9.53 Å². The van der Waals surface area contributed by atoms with Crippen molar-refractivity contribution in [1.29, 1.82) is 0 Å². The van der Waals surface area contributed by atoms with Gasteiger partial charge in [-0.15, -0.1) is 0 Å². The summed E-state index contributed by atoms with van der Waals surface area (Å²) in [6.45, 7) is 10.3. The van der Waals surface area contributed by atoms with E-state index in [1.165, 1.54) is 11.1 Å². The molecule has 2 aliphatic rings. The number of carbonyl (C=O) groups is 2. The number of nitrogens with zero attached hydrogens (tertiary/aromatic N) is 1. The molecule has 0 radical (unpaired) electrons. The van der Waals surface area contributed by atoms with E-state index in [1.54, 1.807) is 6.92 Å². The Balaban J connectivity index is 1.58. The van der Waals surface area contributed by atoms with Crippen molar-refractivity contribution < 1.29 is 19.1 Å². The molecule has 186 valence electrons. The number of esters is 1. The molecule has 1 fully saturated rings. The molecule has 1 saturated heterocycles. The minimum atomic E-state index is -0.596. The molecule has 0 saturated carbocycles. The second-order valence-corrected chi connectivity index (χ2v) is 9.51. The molecule has 2 aromatic carbocycles. The normalized spacial score (nSPS) is 20.5. The highest BCUT2D eigenvalue weighted by molar-refractivity contribution is 5.95. The summed E-state index contributed by atoms with van der Waals surface area (Å²) in [5.74, 6) is 0.755. The molecule has 2 amide bonds. The minimum Gasteiger partial charge on any atom is -0.491 e. The van der Waals surface area contributed by atoms with Gasteiger partial charge in [0, 0.05) is 18.8 Å². The first-order valence-electron chi connectivity index (χ1n) is 12.4. The minimum absolute atomic E-state index is 0.0604. The second-order valence-electron chi connectivity index (χ2n) is 9.51. The number of rotatable bonds is 8. The lowest BCUT2D eigenvalue weighted by atomic mass is 9.94. The molecule has 2 heterocycles. The molecule has 0 unspecified atom stereocenters. The van der Waals surface area contributed by atoms with E-state index < -0.39 is 12.0 Å². The van der Waals surface area contributed by atoms with Crippen molar-refractivity contribution in [3.8, 4) is 5.75 Å². The summed E-state index contributed by atoms with van der Waals surface area (Å²) in [7, 11) is 0. The van der Waals surface area contributed by atoms with Crippen LogP contribution in [0, 0.1) is 6.92 Å². The number of urea groups is 1. The van der Waals surface area contributed by atoms with Crippen molar-refractivity contribution >= 4 is 12.0 Å². The zero-order valence-corrected chi connectivity index (χ0v) is 21.0. The highest BCUT2D eigenvalue weighted by Crippen LogP contribution is 2.32. The highest BCUT2D eigenvalue weighted by atomic mass is 16.5. The Labute approximate surface area is 207 Å². The number of nitrogens with one attached hydrogen (secondary N) is 2. The smallest absolute Gasteiger partial charge is 0.338 e. The summed E-state index contributed by atoms with van der Waals surface area (Å²) in [5.41, 5.74) is 4.43. The Morgan fingerprint density at radius 1 is 1.09 bits per heavy atom. The van der Waals surface area contributed by atoms with Crippen molar-refractivity contribution in [1.82, 2.24) is 15.5 Å². The van der Waals surface area contributed by atoms with E-state index >= 15 is 0 Å². The molecule has 0 aromatic heterocycles. The van der Waals surface area contributed by atoms with E-state index in [4.69, 9.17) is 9.47 Å². The Morgan fingerprint density at radius 3 is 2.43 bits per heavy atom. The van der Waals surface area contributed by atoms with Gasteiger partial charge in [0.2, 0.25) is 0 Å². The number of benzene rings is 2. The van der Waals surface area contributed by atoms with Crippen molar-refractivity contribution in [2.24, 2.45) is 0 Å². The number of ether oxygens (including phenoxy) is 2. The standard InChI is InChI=1S/C28H35N3O4/c1-5-34-27(32)25-24(17-31-15-14-22(16-31)20-8-6-19(4)7-9-20)29-28(33)30-26(25)21-10-12-23(13-11-21)35-18(2)3/h6-13,18,22,26H,5,14-17H2,1-4H3,(H2,29,30,33)/t22-,26-/m1/s1. The topological polar surface area (TPSA) is 79.9 Å². The molecule has 2 aliphatic heterocycles. The van der Waals surface area contributed by atoms with Gasteiger partial charge in [-0.1, -0.05) is 42.0 Å². The van der Waals surface area contributed by atoms with Gasteiger partial charge >= 0.3 is 12.0 Å². The van der Waals surface area contributed by atoms with Crippen LogP contribution in [0.3, 0.4) is 0 Å². The molecule has 7 nitrogen and oxygen atoms in total. The lowest BCUT2D eigenvalue weighted by Crippen LogP contribution is -2.48. The number of carbonyl (C=O) groups excluding carboxylic acids is 2. The molecule has 35 heavy (non-hydrogen) atoms. The van der Waals surface area contributed by atoms with E-state index in [9.17, 15) is 9.59 Å². The van der Waals surface area contributed by atoms with Gasteiger partial charge in [0.1, 0.15) is 5.75 Å². The highest BCUT2D eigenvalue weighted by Gasteiger charge is 2.35. The second kappa shape index (κ2) is 11.0. The van der Waals surface area contributed by atoms with Crippen molar-refractivity contribution in [3.05, 3.63) is 76.5 Å². The fourth-order valence-electron chi connectivity index (χ4n) is 4.76. The summed E-state index contributed by atoms with van der Waals surface area (Å²) < 4.78 is 11.2. The van der Waals surface area contributed by atoms with E-state index in [-0.39, 0.29) is 18.7 Å². The van der Waals surface area contributed by atoms with Crippen LogP contribution in [0.4, 0.5) is 4.79 Å². The van der Waals surface area contributed by atoms with Crippen LogP contribution in [0.5, 0.6) is 5.75 Å². The SMILES string of the molecule is CCOC(=O)C1=C(CN2CC[C@@H](c3ccc(C)cc3)C2)NC(=O)N[C@@H]1c1ccc(OC(C)C)cc1. The van der Waals surface area contributed by atoms with Crippen molar-refractivity contribution in [3.63, 3.8) is 0 Å². The molecule has 4 rings (SSSR count).